The summed E-state index contributed by atoms with van der Waals surface area (Å²) in [6.45, 7) is 4.37. The van der Waals surface area contributed by atoms with Gasteiger partial charge in [-0.2, -0.15) is 0 Å². The van der Waals surface area contributed by atoms with Crippen molar-refractivity contribution in [2.45, 2.75) is 77.6 Å². The molecule has 0 aromatic heterocycles. The average molecular weight is 334 g/mol. The summed E-state index contributed by atoms with van der Waals surface area (Å²) in [4.78, 5) is 22.3. The summed E-state index contributed by atoms with van der Waals surface area (Å²) in [5.74, 6) is -0.598. The Hall–Kier alpha value is -1.84. The third kappa shape index (κ3) is 8.14. The van der Waals surface area contributed by atoms with Gasteiger partial charge < -0.3 is 9.84 Å². The SMILES string of the molecule is CCCCCCCCC(C)c1ccccc1OC(=O)CCC(=O)O. The maximum atomic E-state index is 11.8. The molecule has 1 aromatic carbocycles. The van der Waals surface area contributed by atoms with Crippen molar-refractivity contribution in [1.29, 1.82) is 0 Å². The summed E-state index contributed by atoms with van der Waals surface area (Å²) in [5, 5.41) is 8.64. The van der Waals surface area contributed by atoms with Crippen LogP contribution in [0.3, 0.4) is 0 Å². The first kappa shape index (κ1) is 20.2. The standard InChI is InChI=1S/C20H30O4/c1-3-4-5-6-7-8-11-16(2)17-12-9-10-13-18(17)24-20(23)15-14-19(21)22/h9-10,12-13,16H,3-8,11,14-15H2,1-2H3,(H,21,22). The van der Waals surface area contributed by atoms with E-state index >= 15 is 0 Å². The molecule has 0 spiro atoms. The molecule has 0 aliphatic rings. The van der Waals surface area contributed by atoms with Crippen LogP contribution in [0.25, 0.3) is 0 Å². The molecule has 1 rings (SSSR count). The first-order chi connectivity index (χ1) is 11.5. The lowest BCUT2D eigenvalue weighted by atomic mass is 9.94. The van der Waals surface area contributed by atoms with E-state index in [4.69, 9.17) is 9.84 Å². The first-order valence-corrected chi connectivity index (χ1v) is 9.06. The fourth-order valence-corrected chi connectivity index (χ4v) is 2.75. The van der Waals surface area contributed by atoms with E-state index in [1.807, 2.05) is 18.2 Å². The Morgan fingerprint density at radius 1 is 1.04 bits per heavy atom. The van der Waals surface area contributed by atoms with Gasteiger partial charge in [-0.15, -0.1) is 0 Å². The van der Waals surface area contributed by atoms with E-state index in [0.717, 1.165) is 12.0 Å². The van der Waals surface area contributed by atoms with Crippen LogP contribution in [-0.4, -0.2) is 17.0 Å². The van der Waals surface area contributed by atoms with E-state index in [1.54, 1.807) is 6.07 Å². The fraction of sp³-hybridized carbons (Fsp3) is 0.600. The molecule has 1 aromatic rings. The van der Waals surface area contributed by atoms with Gasteiger partial charge in [0.15, 0.2) is 0 Å². The monoisotopic (exact) mass is 334 g/mol. The molecular weight excluding hydrogens is 304 g/mol. The van der Waals surface area contributed by atoms with Gasteiger partial charge in [-0.25, -0.2) is 0 Å². The van der Waals surface area contributed by atoms with Gasteiger partial charge in [0, 0.05) is 0 Å². The zero-order valence-corrected chi connectivity index (χ0v) is 14.9. The van der Waals surface area contributed by atoms with Gasteiger partial charge in [-0.05, 0) is 24.0 Å². The number of benzene rings is 1. The van der Waals surface area contributed by atoms with Crippen molar-refractivity contribution in [3.63, 3.8) is 0 Å². The average Bonchev–Trinajstić information content (AvgIpc) is 2.56. The Kier molecular flexibility index (Phi) is 9.81. The number of hydrogen-bond acceptors (Lipinski definition) is 3. The number of carbonyl (C=O) groups is 2. The number of para-hydroxylation sites is 1. The van der Waals surface area contributed by atoms with Gasteiger partial charge in [0.05, 0.1) is 12.8 Å². The van der Waals surface area contributed by atoms with E-state index in [2.05, 4.69) is 13.8 Å². The number of aliphatic carboxylic acids is 1. The molecule has 0 heterocycles. The van der Waals surface area contributed by atoms with Crippen molar-refractivity contribution in [3.8, 4) is 5.75 Å². The largest absolute Gasteiger partial charge is 0.481 e. The molecule has 0 aliphatic carbocycles. The van der Waals surface area contributed by atoms with Crippen LogP contribution in [0.1, 0.15) is 83.1 Å². The number of hydrogen-bond donors (Lipinski definition) is 1. The Morgan fingerprint density at radius 2 is 1.71 bits per heavy atom. The topological polar surface area (TPSA) is 63.6 Å². The third-order valence-corrected chi connectivity index (χ3v) is 4.21. The summed E-state index contributed by atoms with van der Waals surface area (Å²) in [6.07, 6.45) is 8.34. The molecule has 1 N–H and O–H groups in total. The molecule has 0 aliphatic heterocycles. The van der Waals surface area contributed by atoms with Gasteiger partial charge in [0.2, 0.25) is 0 Å². The molecule has 134 valence electrons. The highest BCUT2D eigenvalue weighted by molar-refractivity contribution is 5.78. The highest BCUT2D eigenvalue weighted by Crippen LogP contribution is 2.30. The minimum absolute atomic E-state index is 0.102. The normalized spacial score (nSPS) is 11.9. The van der Waals surface area contributed by atoms with Crippen molar-refractivity contribution < 1.29 is 19.4 Å². The van der Waals surface area contributed by atoms with Crippen LogP contribution in [0.4, 0.5) is 0 Å². The molecule has 0 bridgehead atoms. The minimum Gasteiger partial charge on any atom is -0.481 e. The van der Waals surface area contributed by atoms with E-state index < -0.39 is 11.9 Å². The quantitative estimate of drug-likeness (QED) is 0.319. The summed E-state index contributed by atoms with van der Waals surface area (Å²) in [5.41, 5.74) is 1.02. The van der Waals surface area contributed by atoms with Crippen molar-refractivity contribution in [3.05, 3.63) is 29.8 Å². The van der Waals surface area contributed by atoms with E-state index in [1.165, 1.54) is 38.5 Å². The van der Waals surface area contributed by atoms with Crippen LogP contribution >= 0.6 is 0 Å². The zero-order valence-electron chi connectivity index (χ0n) is 14.9. The van der Waals surface area contributed by atoms with Crippen LogP contribution in [0, 0.1) is 0 Å². The Morgan fingerprint density at radius 3 is 2.42 bits per heavy atom. The van der Waals surface area contributed by atoms with Crippen LogP contribution < -0.4 is 4.74 Å². The number of carbonyl (C=O) groups excluding carboxylic acids is 1. The molecule has 4 nitrogen and oxygen atoms in total. The molecule has 0 saturated carbocycles. The summed E-state index contributed by atoms with van der Waals surface area (Å²) in [6, 6.07) is 7.55. The molecule has 1 unspecified atom stereocenters. The summed E-state index contributed by atoms with van der Waals surface area (Å²) < 4.78 is 5.37. The van der Waals surface area contributed by atoms with E-state index in [0.29, 0.717) is 11.7 Å². The predicted molar refractivity (Wildman–Crippen MR) is 95.4 cm³/mol. The lowest BCUT2D eigenvalue weighted by Crippen LogP contribution is -2.12. The van der Waals surface area contributed by atoms with Crippen molar-refractivity contribution in [2.75, 3.05) is 0 Å². The van der Waals surface area contributed by atoms with Crippen LogP contribution in [0.2, 0.25) is 0 Å². The minimum atomic E-state index is -0.989. The molecule has 0 saturated heterocycles. The second kappa shape index (κ2) is 11.7. The van der Waals surface area contributed by atoms with E-state index in [-0.39, 0.29) is 12.8 Å². The van der Waals surface area contributed by atoms with Gasteiger partial charge in [-0.3, -0.25) is 9.59 Å². The maximum absolute atomic E-state index is 11.8. The van der Waals surface area contributed by atoms with E-state index in [9.17, 15) is 9.59 Å². The maximum Gasteiger partial charge on any atom is 0.311 e. The van der Waals surface area contributed by atoms with Crippen molar-refractivity contribution in [2.24, 2.45) is 0 Å². The smallest absolute Gasteiger partial charge is 0.311 e. The molecule has 24 heavy (non-hydrogen) atoms. The highest BCUT2D eigenvalue weighted by Gasteiger charge is 2.14. The second-order valence-corrected chi connectivity index (χ2v) is 6.36. The zero-order chi connectivity index (χ0) is 17.8. The highest BCUT2D eigenvalue weighted by atomic mass is 16.5. The predicted octanol–water partition coefficient (Wildman–Crippen LogP) is 5.31. The number of carboxylic acids is 1. The summed E-state index contributed by atoms with van der Waals surface area (Å²) in [7, 11) is 0. The third-order valence-electron chi connectivity index (χ3n) is 4.21. The Labute approximate surface area is 145 Å². The molecule has 0 radical (unpaired) electrons. The fourth-order valence-electron chi connectivity index (χ4n) is 2.75. The lowest BCUT2D eigenvalue weighted by Gasteiger charge is -2.16. The number of unbranched alkanes of at least 4 members (excludes halogenated alkanes) is 5. The van der Waals surface area contributed by atoms with Gasteiger partial charge in [0.25, 0.3) is 0 Å². The molecular formula is C20H30O4. The first-order valence-electron chi connectivity index (χ1n) is 9.06. The van der Waals surface area contributed by atoms with Crippen LogP contribution in [0.5, 0.6) is 5.75 Å². The van der Waals surface area contributed by atoms with Crippen LogP contribution in [-0.2, 0) is 9.59 Å². The molecule has 4 heteroatoms. The summed E-state index contributed by atoms with van der Waals surface area (Å²) >= 11 is 0. The van der Waals surface area contributed by atoms with Crippen molar-refractivity contribution >= 4 is 11.9 Å². The van der Waals surface area contributed by atoms with Gasteiger partial charge >= 0.3 is 11.9 Å². The number of esters is 1. The second-order valence-electron chi connectivity index (χ2n) is 6.36. The lowest BCUT2D eigenvalue weighted by molar-refractivity contribution is -0.142. The number of ether oxygens (including phenoxy) is 1. The molecule has 1 atom stereocenters. The van der Waals surface area contributed by atoms with Gasteiger partial charge in [0.1, 0.15) is 5.75 Å². The Balaban J connectivity index is 2.49. The number of carboxylic acid groups (broad SMARTS) is 1. The van der Waals surface area contributed by atoms with Crippen molar-refractivity contribution in [1.82, 2.24) is 0 Å². The Bertz CT molecular complexity index is 510. The van der Waals surface area contributed by atoms with Crippen LogP contribution in [0.15, 0.2) is 24.3 Å². The number of rotatable bonds is 12. The molecule has 0 fully saturated rings. The molecule has 0 amide bonds. The van der Waals surface area contributed by atoms with Gasteiger partial charge in [-0.1, -0.05) is 70.6 Å².